The molecule has 0 aromatic carbocycles. The lowest BCUT2D eigenvalue weighted by Gasteiger charge is -2.12. The Bertz CT molecular complexity index is 177. The van der Waals surface area contributed by atoms with Gasteiger partial charge in [-0.15, -0.1) is 0 Å². The van der Waals surface area contributed by atoms with Crippen molar-refractivity contribution in [2.45, 2.75) is 19.0 Å². The predicted molar refractivity (Wildman–Crippen MR) is 28.5 cm³/mol. The third-order valence-electron chi connectivity index (χ3n) is 1.27. The number of rotatable bonds is 3. The molecular weight excluding hydrogens is 181 g/mol. The van der Waals surface area contributed by atoms with Gasteiger partial charge in [-0.2, -0.15) is 0 Å². The van der Waals surface area contributed by atoms with Crippen molar-refractivity contribution in [3.8, 4) is 0 Å². The summed E-state index contributed by atoms with van der Waals surface area (Å²) in [5.74, 6) is -4.26. The summed E-state index contributed by atoms with van der Waals surface area (Å²) in [5, 5.41) is 0. The van der Waals surface area contributed by atoms with Crippen LogP contribution in [0, 0.1) is 0 Å². The molecule has 0 amide bonds. The molecule has 0 fully saturated rings. The molecule has 0 aliphatic carbocycles. The summed E-state index contributed by atoms with van der Waals surface area (Å²) in [6.07, 6.45) is -0.779. The highest BCUT2D eigenvalue weighted by Crippen LogP contribution is 2.20. The van der Waals surface area contributed by atoms with E-state index in [1.54, 1.807) is 0 Å². The van der Waals surface area contributed by atoms with Gasteiger partial charge in [0, 0.05) is 15.5 Å². The van der Waals surface area contributed by atoms with E-state index in [2.05, 4.69) is 9.88 Å². The van der Waals surface area contributed by atoms with Crippen molar-refractivity contribution in [1.82, 2.24) is 0 Å². The van der Waals surface area contributed by atoms with Crippen LogP contribution in [0.15, 0.2) is 0 Å². The largest absolute Gasteiger partial charge is 0.397 e. The molecule has 0 N–H and O–H groups in total. The van der Waals surface area contributed by atoms with Crippen LogP contribution in [0.3, 0.4) is 0 Å². The number of hydrogen-bond donors (Lipinski definition) is 0. The molecule has 0 aliphatic heterocycles. The van der Waals surface area contributed by atoms with E-state index in [0.717, 1.165) is 6.92 Å². The number of alkyl halides is 1. The van der Waals surface area contributed by atoms with Crippen LogP contribution in [-0.4, -0.2) is 17.6 Å². The van der Waals surface area contributed by atoms with E-state index in [0.29, 0.717) is 0 Å². The molecule has 0 atom stereocenters. The number of halogens is 3. The van der Waals surface area contributed by atoms with Gasteiger partial charge in [0.2, 0.25) is 0 Å². The molecule has 0 aliphatic rings. The Morgan fingerprint density at radius 1 is 1.25 bits per heavy atom. The van der Waals surface area contributed by atoms with Gasteiger partial charge >= 0.3 is 17.6 Å². The van der Waals surface area contributed by atoms with Crippen LogP contribution in [0.25, 0.3) is 0 Å². The van der Waals surface area contributed by atoms with E-state index in [4.69, 9.17) is 0 Å². The van der Waals surface area contributed by atoms with Crippen LogP contribution < -0.4 is 0 Å². The van der Waals surface area contributed by atoms with Crippen molar-refractivity contribution in [2.75, 3.05) is 0 Å². The Balaban J connectivity index is 4.66. The van der Waals surface area contributed by atoms with Crippen molar-refractivity contribution >= 4 is 11.9 Å². The minimum Gasteiger partial charge on any atom is -0.250 e. The lowest BCUT2D eigenvalue weighted by molar-refractivity contribution is -0.218. The van der Waals surface area contributed by atoms with Crippen LogP contribution in [0.1, 0.15) is 13.3 Å². The van der Waals surface area contributed by atoms with Gasteiger partial charge in [-0.3, -0.25) is 9.88 Å². The SMILES string of the molecule is CCC(F)(C(=O)OF)C(=O)OF. The second-order valence-corrected chi connectivity index (χ2v) is 1.88. The van der Waals surface area contributed by atoms with Gasteiger partial charge in [-0.1, -0.05) is 6.92 Å². The minimum absolute atomic E-state index is 0.779. The van der Waals surface area contributed by atoms with Gasteiger partial charge < -0.3 is 0 Å². The topological polar surface area (TPSA) is 52.6 Å². The maximum Gasteiger partial charge on any atom is 0.397 e. The van der Waals surface area contributed by atoms with Gasteiger partial charge in [-0.05, 0) is 0 Å². The molecule has 0 saturated carbocycles. The third kappa shape index (κ3) is 1.66. The average Bonchev–Trinajstić information content (AvgIpc) is 2.13. The summed E-state index contributed by atoms with van der Waals surface area (Å²) in [4.78, 5) is 25.3. The van der Waals surface area contributed by atoms with E-state index in [1.165, 1.54) is 0 Å². The molecule has 0 aromatic rings. The van der Waals surface area contributed by atoms with E-state index < -0.39 is 24.0 Å². The Morgan fingerprint density at radius 3 is 1.75 bits per heavy atom. The summed E-state index contributed by atoms with van der Waals surface area (Å²) in [7, 11) is 0. The first-order valence-electron chi connectivity index (χ1n) is 2.87. The van der Waals surface area contributed by atoms with Gasteiger partial charge in [0.1, 0.15) is 0 Å². The fraction of sp³-hybridized carbons (Fsp3) is 0.600. The van der Waals surface area contributed by atoms with Crippen molar-refractivity contribution in [3.63, 3.8) is 0 Å². The van der Waals surface area contributed by atoms with Crippen molar-refractivity contribution < 1.29 is 32.9 Å². The molecule has 0 saturated heterocycles. The second kappa shape index (κ2) is 3.93. The summed E-state index contributed by atoms with van der Waals surface area (Å²) in [6.45, 7) is 1.02. The zero-order valence-electron chi connectivity index (χ0n) is 5.97. The molecule has 0 radical (unpaired) electrons. The first-order chi connectivity index (χ1) is 5.52. The lowest BCUT2D eigenvalue weighted by atomic mass is 10.0. The second-order valence-electron chi connectivity index (χ2n) is 1.88. The first-order valence-corrected chi connectivity index (χ1v) is 2.87. The highest BCUT2D eigenvalue weighted by Gasteiger charge is 2.50. The molecule has 12 heavy (non-hydrogen) atoms. The maximum absolute atomic E-state index is 12.9. The molecule has 0 bridgehead atoms. The smallest absolute Gasteiger partial charge is 0.250 e. The molecule has 0 heterocycles. The fourth-order valence-corrected chi connectivity index (χ4v) is 0.494. The predicted octanol–water partition coefficient (Wildman–Crippen LogP) is 0.960. The van der Waals surface area contributed by atoms with Crippen molar-refractivity contribution in [3.05, 3.63) is 0 Å². The van der Waals surface area contributed by atoms with Gasteiger partial charge in [-0.25, -0.2) is 14.0 Å². The van der Waals surface area contributed by atoms with Crippen LogP contribution in [0.2, 0.25) is 0 Å². The lowest BCUT2D eigenvalue weighted by Crippen LogP contribution is -2.42. The van der Waals surface area contributed by atoms with Crippen LogP contribution >= 0.6 is 0 Å². The fourth-order valence-electron chi connectivity index (χ4n) is 0.494. The summed E-state index contributed by atoms with van der Waals surface area (Å²) in [6, 6.07) is 0. The molecule has 70 valence electrons. The molecule has 0 spiro atoms. The van der Waals surface area contributed by atoms with Crippen LogP contribution in [-0.2, 0) is 19.5 Å². The van der Waals surface area contributed by atoms with E-state index in [9.17, 15) is 23.0 Å². The average molecular weight is 186 g/mol. The molecule has 0 rings (SSSR count). The molecule has 0 unspecified atom stereocenters. The highest BCUT2D eigenvalue weighted by atomic mass is 19.3. The normalized spacial score (nSPS) is 10.7. The summed E-state index contributed by atoms with van der Waals surface area (Å²) in [5.41, 5.74) is -3.41. The Morgan fingerprint density at radius 2 is 1.58 bits per heavy atom. The minimum atomic E-state index is -3.41. The Hall–Kier alpha value is -1.27. The van der Waals surface area contributed by atoms with E-state index in [1.807, 2.05) is 0 Å². The van der Waals surface area contributed by atoms with E-state index in [-0.39, 0.29) is 0 Å². The highest BCUT2D eigenvalue weighted by molar-refractivity contribution is 6.02. The van der Waals surface area contributed by atoms with Crippen molar-refractivity contribution in [1.29, 1.82) is 0 Å². The number of hydrogen-bond acceptors (Lipinski definition) is 4. The van der Waals surface area contributed by atoms with Crippen LogP contribution in [0.4, 0.5) is 13.4 Å². The Kier molecular flexibility index (Phi) is 3.52. The summed E-state index contributed by atoms with van der Waals surface area (Å²) < 4.78 is 35.2. The third-order valence-corrected chi connectivity index (χ3v) is 1.27. The zero-order valence-corrected chi connectivity index (χ0v) is 5.97. The van der Waals surface area contributed by atoms with Crippen molar-refractivity contribution in [2.24, 2.45) is 0 Å². The molecular formula is C5H5F3O4. The molecule has 7 heteroatoms. The first kappa shape index (κ1) is 10.7. The van der Waals surface area contributed by atoms with Crippen LogP contribution in [0.5, 0.6) is 0 Å². The van der Waals surface area contributed by atoms with E-state index >= 15 is 0 Å². The number of carbonyl (C=O) groups excluding carboxylic acids is 2. The Labute approximate surface area is 65.0 Å². The van der Waals surface area contributed by atoms with Gasteiger partial charge in [0.15, 0.2) is 0 Å². The summed E-state index contributed by atoms with van der Waals surface area (Å²) >= 11 is 0. The number of carbonyl (C=O) groups is 2. The van der Waals surface area contributed by atoms with Gasteiger partial charge in [0.05, 0.1) is 0 Å². The monoisotopic (exact) mass is 186 g/mol. The quantitative estimate of drug-likeness (QED) is 0.616. The maximum atomic E-state index is 12.9. The zero-order chi connectivity index (χ0) is 9.78. The molecule has 4 nitrogen and oxygen atoms in total. The molecule has 0 aromatic heterocycles. The standard InChI is InChI=1S/C5H5F3O4/c1-2-5(6,3(9)11-7)4(10)12-8/h2H2,1H3. The van der Waals surface area contributed by atoms with Gasteiger partial charge in [0.25, 0.3) is 0 Å².